The topological polar surface area (TPSA) is 91.1 Å². The maximum Gasteiger partial charge on any atom is 0.304 e. The van der Waals surface area contributed by atoms with Crippen LogP contribution in [-0.4, -0.2) is 29.1 Å². The molecule has 2 rings (SSSR count). The van der Waals surface area contributed by atoms with Gasteiger partial charge in [0.15, 0.2) is 0 Å². The van der Waals surface area contributed by atoms with Crippen molar-refractivity contribution >= 4 is 16.9 Å². The number of benzene rings is 1. The average molecular weight is 261 g/mol. The molecule has 0 saturated heterocycles. The minimum Gasteiger partial charge on any atom is -0.481 e. The molecule has 2 unspecified atom stereocenters. The van der Waals surface area contributed by atoms with E-state index in [4.69, 9.17) is 10.8 Å². The van der Waals surface area contributed by atoms with E-state index in [9.17, 15) is 4.79 Å². The van der Waals surface area contributed by atoms with Gasteiger partial charge in [-0.3, -0.25) is 4.79 Å². The fraction of sp³-hybridized carbons (Fsp3) is 0.357. The van der Waals surface area contributed by atoms with Crippen LogP contribution in [-0.2, 0) is 4.79 Å². The van der Waals surface area contributed by atoms with E-state index in [0.717, 1.165) is 22.2 Å². The van der Waals surface area contributed by atoms with Gasteiger partial charge in [0.25, 0.3) is 0 Å². The molecule has 0 bridgehead atoms. The Hall–Kier alpha value is -1.85. The molecule has 1 aromatic carbocycles. The molecule has 102 valence electrons. The molecule has 0 spiro atoms. The number of likely N-dealkylation sites (N-methyl/N-ethyl adjacent to an activating group) is 1. The molecule has 5 heteroatoms. The Bertz CT molecular complexity index is 591. The summed E-state index contributed by atoms with van der Waals surface area (Å²) in [4.78, 5) is 14.1. The minimum atomic E-state index is -0.884. The first-order valence-corrected chi connectivity index (χ1v) is 6.26. The summed E-state index contributed by atoms with van der Waals surface area (Å²) in [6, 6.07) is 7.29. The summed E-state index contributed by atoms with van der Waals surface area (Å²) in [6.45, 7) is 1.98. The van der Waals surface area contributed by atoms with E-state index in [-0.39, 0.29) is 12.5 Å². The van der Waals surface area contributed by atoms with Crippen molar-refractivity contribution in [3.05, 3.63) is 35.5 Å². The number of fused-ring (bicyclic) bond motifs is 1. The third-order valence-corrected chi connectivity index (χ3v) is 3.40. The van der Waals surface area contributed by atoms with Crippen LogP contribution < -0.4 is 11.1 Å². The normalized spacial score (nSPS) is 14.5. The smallest absolute Gasteiger partial charge is 0.304 e. The zero-order chi connectivity index (χ0) is 14.0. The number of nitrogens with two attached hydrogens (primary N) is 1. The van der Waals surface area contributed by atoms with E-state index >= 15 is 0 Å². The van der Waals surface area contributed by atoms with Crippen LogP contribution in [0.25, 0.3) is 10.9 Å². The van der Waals surface area contributed by atoms with E-state index in [1.54, 1.807) is 7.05 Å². The number of nitrogens with one attached hydrogen (secondary N) is 2. The van der Waals surface area contributed by atoms with Crippen molar-refractivity contribution in [3.8, 4) is 0 Å². The Kier molecular flexibility index (Phi) is 3.87. The number of aromatic amines is 1. The summed E-state index contributed by atoms with van der Waals surface area (Å²) in [5.41, 5.74) is 9.13. The summed E-state index contributed by atoms with van der Waals surface area (Å²) >= 11 is 0. The molecule has 5 nitrogen and oxygen atoms in total. The number of aliphatic carboxylic acids is 1. The first kappa shape index (κ1) is 13.6. The number of hydrogen-bond acceptors (Lipinski definition) is 3. The van der Waals surface area contributed by atoms with Crippen LogP contribution in [0, 0.1) is 6.92 Å². The molecule has 19 heavy (non-hydrogen) atoms. The quantitative estimate of drug-likeness (QED) is 0.657. The highest BCUT2D eigenvalue weighted by Gasteiger charge is 2.24. The monoisotopic (exact) mass is 261 g/mol. The van der Waals surface area contributed by atoms with Gasteiger partial charge in [-0.1, -0.05) is 18.2 Å². The van der Waals surface area contributed by atoms with E-state index in [1.165, 1.54) is 0 Å². The van der Waals surface area contributed by atoms with Crippen molar-refractivity contribution in [3.63, 3.8) is 0 Å². The highest BCUT2D eigenvalue weighted by molar-refractivity contribution is 5.85. The number of carboxylic acids is 1. The molecule has 1 heterocycles. The molecule has 0 aliphatic heterocycles. The van der Waals surface area contributed by atoms with Crippen molar-refractivity contribution in [1.82, 2.24) is 10.3 Å². The number of hydrogen-bond donors (Lipinski definition) is 4. The van der Waals surface area contributed by atoms with Crippen molar-refractivity contribution in [2.24, 2.45) is 5.73 Å². The average Bonchev–Trinajstić information content (AvgIpc) is 2.66. The maximum absolute atomic E-state index is 10.8. The number of carboxylic acid groups (broad SMARTS) is 1. The van der Waals surface area contributed by atoms with Gasteiger partial charge in [0, 0.05) is 22.6 Å². The minimum absolute atomic E-state index is 0.0650. The number of carbonyl (C=O) groups is 1. The van der Waals surface area contributed by atoms with E-state index in [0.29, 0.717) is 0 Å². The van der Waals surface area contributed by atoms with Gasteiger partial charge in [0.05, 0.1) is 12.5 Å². The number of rotatable bonds is 5. The van der Waals surface area contributed by atoms with Crippen LogP contribution in [0.3, 0.4) is 0 Å². The Morgan fingerprint density at radius 1 is 1.47 bits per heavy atom. The molecular formula is C14H19N3O2. The van der Waals surface area contributed by atoms with Crippen LogP contribution in [0.2, 0.25) is 0 Å². The lowest BCUT2D eigenvalue weighted by Crippen LogP contribution is -2.38. The van der Waals surface area contributed by atoms with Crippen LogP contribution in [0.4, 0.5) is 0 Å². The van der Waals surface area contributed by atoms with E-state index < -0.39 is 12.0 Å². The molecule has 0 fully saturated rings. The summed E-state index contributed by atoms with van der Waals surface area (Å²) in [7, 11) is 1.80. The van der Waals surface area contributed by atoms with Crippen LogP contribution in [0.5, 0.6) is 0 Å². The van der Waals surface area contributed by atoms with Gasteiger partial charge >= 0.3 is 5.97 Å². The van der Waals surface area contributed by atoms with Gasteiger partial charge < -0.3 is 21.1 Å². The largest absolute Gasteiger partial charge is 0.481 e. The lowest BCUT2D eigenvalue weighted by Gasteiger charge is -2.23. The third kappa shape index (κ3) is 2.62. The Labute approximate surface area is 111 Å². The zero-order valence-electron chi connectivity index (χ0n) is 11.1. The molecule has 0 amide bonds. The molecule has 0 saturated carbocycles. The summed E-state index contributed by atoms with van der Waals surface area (Å²) in [6.07, 6.45) is -0.0650. The lowest BCUT2D eigenvalue weighted by molar-refractivity contribution is -0.137. The highest BCUT2D eigenvalue weighted by Crippen LogP contribution is 2.29. The second kappa shape index (κ2) is 5.42. The van der Waals surface area contributed by atoms with Crippen molar-refractivity contribution < 1.29 is 9.90 Å². The highest BCUT2D eigenvalue weighted by atomic mass is 16.4. The third-order valence-electron chi connectivity index (χ3n) is 3.40. The van der Waals surface area contributed by atoms with Crippen molar-refractivity contribution in [2.45, 2.75) is 25.4 Å². The van der Waals surface area contributed by atoms with Gasteiger partial charge in [-0.05, 0) is 25.6 Å². The number of aryl methyl sites for hydroxylation is 1. The predicted octanol–water partition coefficient (Wildman–Crippen LogP) is 1.54. The van der Waals surface area contributed by atoms with Crippen LogP contribution in [0.15, 0.2) is 24.3 Å². The number of H-pyrrole nitrogens is 1. The number of aromatic nitrogens is 1. The van der Waals surface area contributed by atoms with Gasteiger partial charge in [-0.2, -0.15) is 0 Å². The zero-order valence-corrected chi connectivity index (χ0v) is 11.1. The summed E-state index contributed by atoms with van der Waals surface area (Å²) < 4.78 is 0. The fourth-order valence-corrected chi connectivity index (χ4v) is 2.59. The Morgan fingerprint density at radius 3 is 2.79 bits per heavy atom. The first-order chi connectivity index (χ1) is 9.04. The first-order valence-electron chi connectivity index (χ1n) is 6.26. The van der Waals surface area contributed by atoms with Gasteiger partial charge in [0.2, 0.25) is 0 Å². The summed E-state index contributed by atoms with van der Waals surface area (Å²) in [5, 5.41) is 13.1. The van der Waals surface area contributed by atoms with E-state index in [2.05, 4.69) is 10.3 Å². The van der Waals surface area contributed by atoms with Gasteiger partial charge in [-0.15, -0.1) is 0 Å². The lowest BCUT2D eigenvalue weighted by atomic mass is 9.95. The van der Waals surface area contributed by atoms with Crippen LogP contribution in [0.1, 0.15) is 23.7 Å². The number of para-hydroxylation sites is 1. The van der Waals surface area contributed by atoms with Crippen molar-refractivity contribution in [2.75, 3.05) is 7.05 Å². The molecule has 2 atom stereocenters. The van der Waals surface area contributed by atoms with Crippen molar-refractivity contribution in [1.29, 1.82) is 0 Å². The van der Waals surface area contributed by atoms with Gasteiger partial charge in [0.1, 0.15) is 0 Å². The molecule has 0 radical (unpaired) electrons. The predicted molar refractivity (Wildman–Crippen MR) is 75.1 cm³/mol. The SMILES string of the molecule is CNC(c1c(C)[nH]c2ccccc12)C(N)CC(=O)O. The Balaban J connectivity index is 2.45. The molecule has 0 aliphatic rings. The molecule has 5 N–H and O–H groups in total. The van der Waals surface area contributed by atoms with E-state index in [1.807, 2.05) is 31.2 Å². The standard InChI is InChI=1S/C14H19N3O2/c1-8-13(9-5-3-4-6-11(9)17-8)14(16-2)10(15)7-12(18)19/h3-6,10,14,16-17H,7,15H2,1-2H3,(H,18,19). The van der Waals surface area contributed by atoms with Crippen LogP contribution >= 0.6 is 0 Å². The molecule has 0 aliphatic carbocycles. The second-order valence-electron chi connectivity index (χ2n) is 4.74. The summed E-state index contributed by atoms with van der Waals surface area (Å²) in [5.74, 6) is -0.884. The second-order valence-corrected chi connectivity index (χ2v) is 4.74. The molecule has 1 aromatic heterocycles. The fourth-order valence-electron chi connectivity index (χ4n) is 2.59. The maximum atomic E-state index is 10.8. The molecule has 2 aromatic rings. The van der Waals surface area contributed by atoms with Gasteiger partial charge in [-0.25, -0.2) is 0 Å². The molecular weight excluding hydrogens is 242 g/mol. The Morgan fingerprint density at radius 2 is 2.16 bits per heavy atom.